The van der Waals surface area contributed by atoms with E-state index in [1.165, 1.54) is 12.1 Å². The van der Waals surface area contributed by atoms with Gasteiger partial charge in [-0.05, 0) is 44.9 Å². The standard InChI is InChI=1S/C12H19ClN2O3S/c1-8-6-9(13)10(14)7-11(8)19(17,18)15-12(2,3)4-5-16/h6-7,15-16H,4-5,14H2,1-3H3. The van der Waals surface area contributed by atoms with Crippen LogP contribution in [0.3, 0.4) is 0 Å². The van der Waals surface area contributed by atoms with Gasteiger partial charge in [0.1, 0.15) is 0 Å². The van der Waals surface area contributed by atoms with E-state index in [4.69, 9.17) is 22.4 Å². The Labute approximate surface area is 118 Å². The van der Waals surface area contributed by atoms with Crippen molar-refractivity contribution < 1.29 is 13.5 Å². The molecule has 0 bridgehead atoms. The van der Waals surface area contributed by atoms with E-state index in [0.29, 0.717) is 17.0 Å². The summed E-state index contributed by atoms with van der Waals surface area (Å²) in [5.41, 5.74) is 5.64. The molecule has 0 amide bonds. The van der Waals surface area contributed by atoms with E-state index in [9.17, 15) is 8.42 Å². The normalized spacial score (nSPS) is 12.7. The van der Waals surface area contributed by atoms with Gasteiger partial charge in [-0.25, -0.2) is 13.1 Å². The minimum atomic E-state index is -3.71. The minimum Gasteiger partial charge on any atom is -0.397 e. The first kappa shape index (κ1) is 16.2. The number of nitrogen functional groups attached to an aromatic ring is 1. The molecule has 0 unspecified atom stereocenters. The van der Waals surface area contributed by atoms with Gasteiger partial charge < -0.3 is 10.8 Å². The summed E-state index contributed by atoms with van der Waals surface area (Å²) < 4.78 is 27.2. The van der Waals surface area contributed by atoms with E-state index in [2.05, 4.69) is 4.72 Å². The molecule has 0 aliphatic carbocycles. The number of aliphatic hydroxyl groups excluding tert-OH is 1. The maximum atomic E-state index is 12.3. The zero-order valence-corrected chi connectivity index (χ0v) is 12.8. The fourth-order valence-corrected chi connectivity index (χ4v) is 3.63. The smallest absolute Gasteiger partial charge is 0.241 e. The maximum Gasteiger partial charge on any atom is 0.241 e. The average molecular weight is 307 g/mol. The van der Waals surface area contributed by atoms with Crippen molar-refractivity contribution >= 4 is 27.3 Å². The molecule has 0 aliphatic heterocycles. The van der Waals surface area contributed by atoms with Crippen molar-refractivity contribution in [1.82, 2.24) is 4.72 Å². The number of nitrogens with one attached hydrogen (secondary N) is 1. The summed E-state index contributed by atoms with van der Waals surface area (Å²) in [6.07, 6.45) is 0.314. The van der Waals surface area contributed by atoms with Crippen LogP contribution in [0.25, 0.3) is 0 Å². The predicted octanol–water partition coefficient (Wildman–Crippen LogP) is 1.67. The zero-order valence-electron chi connectivity index (χ0n) is 11.2. The second-order valence-corrected chi connectivity index (χ2v) is 7.16. The van der Waals surface area contributed by atoms with E-state index < -0.39 is 15.6 Å². The molecular formula is C12H19ClN2O3S. The number of hydrogen-bond acceptors (Lipinski definition) is 4. The van der Waals surface area contributed by atoms with Crippen LogP contribution in [0.5, 0.6) is 0 Å². The first-order chi connectivity index (χ1) is 8.59. The second-order valence-electron chi connectivity index (χ2n) is 5.10. The zero-order chi connectivity index (χ0) is 14.8. The number of nitrogens with two attached hydrogens (primary N) is 1. The lowest BCUT2D eigenvalue weighted by molar-refractivity contribution is 0.245. The number of hydrogen-bond donors (Lipinski definition) is 3. The van der Waals surface area contributed by atoms with E-state index in [1.807, 2.05) is 0 Å². The molecule has 0 radical (unpaired) electrons. The second kappa shape index (κ2) is 5.66. The topological polar surface area (TPSA) is 92.4 Å². The van der Waals surface area contributed by atoms with Crippen LogP contribution in [0.1, 0.15) is 25.8 Å². The van der Waals surface area contributed by atoms with Gasteiger partial charge in [-0.2, -0.15) is 0 Å². The molecule has 1 aromatic carbocycles. The molecule has 0 fully saturated rings. The highest BCUT2D eigenvalue weighted by molar-refractivity contribution is 7.89. The lowest BCUT2D eigenvalue weighted by atomic mass is 10.0. The summed E-state index contributed by atoms with van der Waals surface area (Å²) >= 11 is 5.85. The van der Waals surface area contributed by atoms with Crippen LogP contribution in [0.4, 0.5) is 5.69 Å². The number of anilines is 1. The van der Waals surface area contributed by atoms with Gasteiger partial charge in [0.05, 0.1) is 15.6 Å². The van der Waals surface area contributed by atoms with Crippen LogP contribution in [-0.2, 0) is 10.0 Å². The number of aryl methyl sites for hydroxylation is 1. The van der Waals surface area contributed by atoms with Crippen molar-refractivity contribution in [2.45, 2.75) is 37.6 Å². The van der Waals surface area contributed by atoms with E-state index in [-0.39, 0.29) is 17.2 Å². The maximum absolute atomic E-state index is 12.3. The first-order valence-electron chi connectivity index (χ1n) is 5.79. The minimum absolute atomic E-state index is 0.0976. The first-order valence-corrected chi connectivity index (χ1v) is 7.65. The molecule has 0 spiro atoms. The van der Waals surface area contributed by atoms with Gasteiger partial charge in [0.25, 0.3) is 0 Å². The molecule has 4 N–H and O–H groups in total. The Morgan fingerprint density at radius 1 is 1.42 bits per heavy atom. The van der Waals surface area contributed by atoms with Crippen LogP contribution >= 0.6 is 11.6 Å². The quantitative estimate of drug-likeness (QED) is 0.721. The molecule has 7 heteroatoms. The molecule has 0 saturated carbocycles. The SMILES string of the molecule is Cc1cc(Cl)c(N)cc1S(=O)(=O)NC(C)(C)CCO. The summed E-state index contributed by atoms with van der Waals surface area (Å²) in [6.45, 7) is 4.96. The Bertz CT molecular complexity index is 571. The van der Waals surface area contributed by atoms with Crippen molar-refractivity contribution in [3.05, 3.63) is 22.7 Å². The van der Waals surface area contributed by atoms with Gasteiger partial charge in [-0.15, -0.1) is 0 Å². The lowest BCUT2D eigenvalue weighted by Crippen LogP contribution is -2.44. The van der Waals surface area contributed by atoms with Gasteiger partial charge in [0, 0.05) is 12.1 Å². The van der Waals surface area contributed by atoms with Gasteiger partial charge in [0.15, 0.2) is 0 Å². The highest BCUT2D eigenvalue weighted by atomic mass is 35.5. The van der Waals surface area contributed by atoms with Crippen molar-refractivity contribution in [2.75, 3.05) is 12.3 Å². The fourth-order valence-electron chi connectivity index (χ4n) is 1.71. The number of rotatable bonds is 5. The summed E-state index contributed by atoms with van der Waals surface area (Å²) in [7, 11) is -3.71. The highest BCUT2D eigenvalue weighted by Gasteiger charge is 2.27. The molecule has 19 heavy (non-hydrogen) atoms. The molecule has 0 aromatic heterocycles. The fraction of sp³-hybridized carbons (Fsp3) is 0.500. The predicted molar refractivity (Wildman–Crippen MR) is 76.7 cm³/mol. The highest BCUT2D eigenvalue weighted by Crippen LogP contribution is 2.27. The number of sulfonamides is 1. The van der Waals surface area contributed by atoms with Crippen LogP contribution in [0.2, 0.25) is 5.02 Å². The Balaban J connectivity index is 3.18. The lowest BCUT2D eigenvalue weighted by Gasteiger charge is -2.25. The Morgan fingerprint density at radius 3 is 2.53 bits per heavy atom. The third-order valence-electron chi connectivity index (χ3n) is 2.73. The molecule has 1 aromatic rings. The Kier molecular flexibility index (Phi) is 4.84. The molecule has 5 nitrogen and oxygen atoms in total. The largest absolute Gasteiger partial charge is 0.397 e. The van der Waals surface area contributed by atoms with Crippen LogP contribution in [0, 0.1) is 6.92 Å². The van der Waals surface area contributed by atoms with Gasteiger partial charge in [-0.3, -0.25) is 0 Å². The molecule has 0 heterocycles. The third-order valence-corrected chi connectivity index (χ3v) is 4.90. The molecule has 0 aliphatic rings. The third kappa shape index (κ3) is 4.07. The number of halogens is 1. The van der Waals surface area contributed by atoms with E-state index >= 15 is 0 Å². The molecule has 1 rings (SSSR count). The molecule has 0 saturated heterocycles. The Morgan fingerprint density at radius 2 is 2.00 bits per heavy atom. The monoisotopic (exact) mass is 306 g/mol. The van der Waals surface area contributed by atoms with Gasteiger partial charge in [-0.1, -0.05) is 11.6 Å². The summed E-state index contributed by atoms with van der Waals surface area (Å²) in [6, 6.07) is 2.86. The number of aliphatic hydroxyl groups is 1. The van der Waals surface area contributed by atoms with Crippen molar-refractivity contribution in [3.8, 4) is 0 Å². The Hall–Kier alpha value is -0.820. The average Bonchev–Trinajstić information content (AvgIpc) is 2.21. The summed E-state index contributed by atoms with van der Waals surface area (Å²) in [4.78, 5) is 0.0976. The van der Waals surface area contributed by atoms with E-state index in [0.717, 1.165) is 0 Å². The van der Waals surface area contributed by atoms with Crippen LogP contribution in [-0.4, -0.2) is 25.7 Å². The summed E-state index contributed by atoms with van der Waals surface area (Å²) in [5, 5.41) is 9.26. The summed E-state index contributed by atoms with van der Waals surface area (Å²) in [5.74, 6) is 0. The molecular weight excluding hydrogens is 288 g/mol. The molecule has 0 atom stereocenters. The van der Waals surface area contributed by atoms with Crippen LogP contribution in [0.15, 0.2) is 17.0 Å². The van der Waals surface area contributed by atoms with Crippen molar-refractivity contribution in [3.63, 3.8) is 0 Å². The number of benzene rings is 1. The van der Waals surface area contributed by atoms with Gasteiger partial charge in [0.2, 0.25) is 10.0 Å². The van der Waals surface area contributed by atoms with Crippen LogP contribution < -0.4 is 10.5 Å². The van der Waals surface area contributed by atoms with Crippen molar-refractivity contribution in [1.29, 1.82) is 0 Å². The van der Waals surface area contributed by atoms with E-state index in [1.54, 1.807) is 20.8 Å². The van der Waals surface area contributed by atoms with Crippen molar-refractivity contribution in [2.24, 2.45) is 0 Å². The van der Waals surface area contributed by atoms with Gasteiger partial charge >= 0.3 is 0 Å². The molecule has 108 valence electrons.